The highest BCUT2D eigenvalue weighted by molar-refractivity contribution is 7.99. The van der Waals surface area contributed by atoms with Gasteiger partial charge in [0.15, 0.2) is 11.0 Å². The number of thioether (sulfide) groups is 1. The van der Waals surface area contributed by atoms with Gasteiger partial charge in [-0.15, -0.1) is 10.2 Å². The van der Waals surface area contributed by atoms with E-state index < -0.39 is 0 Å². The van der Waals surface area contributed by atoms with Gasteiger partial charge in [0.2, 0.25) is 0 Å². The Morgan fingerprint density at radius 3 is 2.89 bits per heavy atom. The Bertz CT molecular complexity index is 894. The summed E-state index contributed by atoms with van der Waals surface area (Å²) in [6.07, 6.45) is 7.33. The second kappa shape index (κ2) is 9.21. The van der Waals surface area contributed by atoms with Gasteiger partial charge in [-0.05, 0) is 50.5 Å². The van der Waals surface area contributed by atoms with Crippen LogP contribution in [0.2, 0.25) is 0 Å². The number of aromatic nitrogens is 4. The Labute approximate surface area is 169 Å². The Morgan fingerprint density at radius 2 is 2.11 bits per heavy atom. The molecule has 2 aromatic heterocycles. The van der Waals surface area contributed by atoms with Gasteiger partial charge in [0, 0.05) is 30.3 Å². The summed E-state index contributed by atoms with van der Waals surface area (Å²) in [5.41, 5.74) is 1.85. The Morgan fingerprint density at radius 1 is 1.18 bits per heavy atom. The quantitative estimate of drug-likeness (QED) is 0.552. The van der Waals surface area contributed by atoms with Crippen LogP contribution in [-0.2, 0) is 4.74 Å². The second-order valence-electron chi connectivity index (χ2n) is 6.58. The largest absolute Gasteiger partial charge is 0.492 e. The van der Waals surface area contributed by atoms with Gasteiger partial charge in [-0.3, -0.25) is 9.55 Å². The third-order valence-electron chi connectivity index (χ3n) is 4.63. The van der Waals surface area contributed by atoms with Gasteiger partial charge < -0.3 is 9.47 Å². The van der Waals surface area contributed by atoms with Gasteiger partial charge in [0.1, 0.15) is 5.75 Å². The minimum absolute atomic E-state index is 0.271. The first kappa shape index (κ1) is 19.0. The first-order chi connectivity index (χ1) is 13.9. The lowest BCUT2D eigenvalue weighted by Gasteiger charge is -2.22. The van der Waals surface area contributed by atoms with Gasteiger partial charge in [0.25, 0.3) is 0 Å². The van der Waals surface area contributed by atoms with Crippen LogP contribution in [0.5, 0.6) is 5.75 Å². The van der Waals surface area contributed by atoms with Crippen molar-refractivity contribution in [1.29, 1.82) is 0 Å². The SMILES string of the molecule is CCOc1ccccc1-n1c(SC[C@@H]2CCCCO2)nnc1-c1cccnc1. The first-order valence-corrected chi connectivity index (χ1v) is 10.7. The maximum Gasteiger partial charge on any atom is 0.196 e. The van der Waals surface area contributed by atoms with E-state index >= 15 is 0 Å². The summed E-state index contributed by atoms with van der Waals surface area (Å²) in [4.78, 5) is 4.24. The van der Waals surface area contributed by atoms with E-state index in [4.69, 9.17) is 9.47 Å². The monoisotopic (exact) mass is 396 g/mol. The summed E-state index contributed by atoms with van der Waals surface area (Å²) >= 11 is 1.68. The lowest BCUT2D eigenvalue weighted by Crippen LogP contribution is -2.21. The molecule has 28 heavy (non-hydrogen) atoms. The average Bonchev–Trinajstić information content (AvgIpc) is 3.18. The van der Waals surface area contributed by atoms with Crippen molar-refractivity contribution in [2.24, 2.45) is 0 Å². The zero-order valence-electron chi connectivity index (χ0n) is 16.0. The molecule has 3 heterocycles. The van der Waals surface area contributed by atoms with Crippen LogP contribution in [0.3, 0.4) is 0 Å². The molecule has 1 aliphatic heterocycles. The summed E-state index contributed by atoms with van der Waals surface area (Å²) < 4.78 is 13.8. The molecule has 6 nitrogen and oxygen atoms in total. The first-order valence-electron chi connectivity index (χ1n) is 9.69. The third-order valence-corrected chi connectivity index (χ3v) is 5.69. The number of para-hydroxylation sites is 2. The van der Waals surface area contributed by atoms with Crippen molar-refractivity contribution in [2.45, 2.75) is 37.4 Å². The summed E-state index contributed by atoms with van der Waals surface area (Å²) in [5, 5.41) is 9.81. The molecular weight excluding hydrogens is 372 g/mol. The van der Waals surface area contributed by atoms with Crippen LogP contribution in [0.1, 0.15) is 26.2 Å². The van der Waals surface area contributed by atoms with Crippen LogP contribution in [0.15, 0.2) is 53.9 Å². The molecule has 0 aliphatic carbocycles. The highest BCUT2D eigenvalue weighted by atomic mass is 32.2. The Balaban J connectivity index is 1.72. The predicted molar refractivity (Wildman–Crippen MR) is 110 cm³/mol. The van der Waals surface area contributed by atoms with Crippen molar-refractivity contribution in [1.82, 2.24) is 19.7 Å². The predicted octanol–water partition coefficient (Wildman–Crippen LogP) is 4.39. The van der Waals surface area contributed by atoms with Gasteiger partial charge in [0.05, 0.1) is 18.4 Å². The van der Waals surface area contributed by atoms with E-state index in [2.05, 4.69) is 19.7 Å². The molecule has 1 fully saturated rings. The van der Waals surface area contributed by atoms with Crippen LogP contribution < -0.4 is 4.74 Å². The molecule has 4 rings (SSSR count). The molecule has 146 valence electrons. The zero-order valence-corrected chi connectivity index (χ0v) is 16.8. The number of ether oxygens (including phenoxy) is 2. The molecule has 0 bridgehead atoms. The van der Waals surface area contributed by atoms with Crippen molar-refractivity contribution in [3.63, 3.8) is 0 Å². The fraction of sp³-hybridized carbons (Fsp3) is 0.381. The second-order valence-corrected chi connectivity index (χ2v) is 7.57. The molecule has 1 aliphatic rings. The highest BCUT2D eigenvalue weighted by Gasteiger charge is 2.21. The molecule has 1 atom stereocenters. The van der Waals surface area contributed by atoms with Gasteiger partial charge >= 0.3 is 0 Å². The highest BCUT2D eigenvalue weighted by Crippen LogP contribution is 2.33. The fourth-order valence-electron chi connectivity index (χ4n) is 3.29. The number of rotatable bonds is 7. The van der Waals surface area contributed by atoms with E-state index in [1.165, 1.54) is 6.42 Å². The minimum atomic E-state index is 0.271. The fourth-order valence-corrected chi connectivity index (χ4v) is 4.30. The van der Waals surface area contributed by atoms with E-state index in [1.54, 1.807) is 18.0 Å². The van der Waals surface area contributed by atoms with Gasteiger partial charge in [-0.2, -0.15) is 0 Å². The Kier molecular flexibility index (Phi) is 6.24. The number of hydrogen-bond acceptors (Lipinski definition) is 6. The topological polar surface area (TPSA) is 62.1 Å². The molecule has 0 saturated carbocycles. The minimum Gasteiger partial charge on any atom is -0.492 e. The Hall–Kier alpha value is -2.38. The van der Waals surface area contributed by atoms with E-state index in [9.17, 15) is 0 Å². The normalized spacial score (nSPS) is 16.8. The molecule has 0 N–H and O–H groups in total. The van der Waals surface area contributed by atoms with E-state index in [0.29, 0.717) is 6.61 Å². The van der Waals surface area contributed by atoms with Crippen LogP contribution in [-0.4, -0.2) is 44.8 Å². The van der Waals surface area contributed by atoms with Crippen molar-refractivity contribution in [3.05, 3.63) is 48.8 Å². The van der Waals surface area contributed by atoms with Crippen LogP contribution in [0.4, 0.5) is 0 Å². The molecule has 1 saturated heterocycles. The van der Waals surface area contributed by atoms with Crippen molar-refractivity contribution >= 4 is 11.8 Å². The van der Waals surface area contributed by atoms with Gasteiger partial charge in [-0.1, -0.05) is 23.9 Å². The summed E-state index contributed by atoms with van der Waals surface area (Å²) in [6.45, 7) is 3.44. The molecule has 3 aromatic rings. The maximum atomic E-state index is 5.89. The average molecular weight is 397 g/mol. The van der Waals surface area contributed by atoms with Crippen molar-refractivity contribution in [3.8, 4) is 22.8 Å². The number of pyridine rings is 1. The molecule has 0 amide bonds. The van der Waals surface area contributed by atoms with Crippen LogP contribution in [0, 0.1) is 0 Å². The molecule has 0 unspecified atom stereocenters. The molecular formula is C21H24N4O2S. The number of hydrogen-bond donors (Lipinski definition) is 0. The van der Waals surface area contributed by atoms with Crippen molar-refractivity contribution < 1.29 is 9.47 Å². The maximum absolute atomic E-state index is 5.89. The summed E-state index contributed by atoms with van der Waals surface area (Å²) in [6, 6.07) is 11.9. The smallest absolute Gasteiger partial charge is 0.196 e. The standard InChI is InChI=1S/C21H24N4O2S/c1-2-26-19-11-4-3-10-18(19)25-20(16-8-7-12-22-14-16)23-24-21(25)28-15-17-9-5-6-13-27-17/h3-4,7-8,10-12,14,17H,2,5-6,9,13,15H2,1H3/t17-/m0/s1. The molecule has 1 aromatic carbocycles. The van der Waals surface area contributed by atoms with E-state index in [1.807, 2.05) is 49.5 Å². The number of benzene rings is 1. The number of nitrogens with zero attached hydrogens (tertiary/aromatic N) is 4. The lowest BCUT2D eigenvalue weighted by atomic mass is 10.1. The summed E-state index contributed by atoms with van der Waals surface area (Å²) in [5.74, 6) is 2.43. The lowest BCUT2D eigenvalue weighted by molar-refractivity contribution is 0.0315. The summed E-state index contributed by atoms with van der Waals surface area (Å²) in [7, 11) is 0. The zero-order chi connectivity index (χ0) is 19.2. The van der Waals surface area contributed by atoms with E-state index in [0.717, 1.165) is 53.2 Å². The van der Waals surface area contributed by atoms with Crippen LogP contribution >= 0.6 is 11.8 Å². The van der Waals surface area contributed by atoms with Gasteiger partial charge in [-0.25, -0.2) is 0 Å². The van der Waals surface area contributed by atoms with Crippen LogP contribution in [0.25, 0.3) is 17.1 Å². The molecule has 0 spiro atoms. The van der Waals surface area contributed by atoms with E-state index in [-0.39, 0.29) is 6.10 Å². The molecule has 0 radical (unpaired) electrons. The van der Waals surface area contributed by atoms with Crippen molar-refractivity contribution in [2.75, 3.05) is 19.0 Å². The molecule has 7 heteroatoms. The third kappa shape index (κ3) is 4.20.